The van der Waals surface area contributed by atoms with Crippen LogP contribution >= 0.6 is 0 Å². The van der Waals surface area contributed by atoms with Crippen molar-refractivity contribution in [2.45, 2.75) is 57.5 Å². The van der Waals surface area contributed by atoms with Crippen LogP contribution in [0.5, 0.6) is 0 Å². The molecular weight excluding hydrogens is 196 g/mol. The van der Waals surface area contributed by atoms with Gasteiger partial charge in [-0.3, -0.25) is 0 Å². The summed E-state index contributed by atoms with van der Waals surface area (Å²) in [5.74, 6) is 1.93. The lowest BCUT2D eigenvalue weighted by atomic mass is 9.91. The second-order valence-corrected chi connectivity index (χ2v) is 6.24. The Morgan fingerprint density at radius 2 is 1.81 bits per heavy atom. The molecule has 3 fully saturated rings. The summed E-state index contributed by atoms with van der Waals surface area (Å²) >= 11 is 0. The van der Waals surface area contributed by atoms with Gasteiger partial charge >= 0.3 is 0 Å². The van der Waals surface area contributed by atoms with E-state index in [1.165, 1.54) is 58.2 Å². The largest absolute Gasteiger partial charge is 0.311 e. The van der Waals surface area contributed by atoms with E-state index in [9.17, 15) is 0 Å². The van der Waals surface area contributed by atoms with Crippen molar-refractivity contribution >= 4 is 0 Å². The minimum Gasteiger partial charge on any atom is -0.311 e. The van der Waals surface area contributed by atoms with Gasteiger partial charge < -0.3 is 10.2 Å². The topological polar surface area (TPSA) is 15.3 Å². The number of nitrogens with zero attached hydrogens (tertiary/aromatic N) is 1. The van der Waals surface area contributed by atoms with E-state index in [2.05, 4.69) is 17.1 Å². The van der Waals surface area contributed by atoms with Crippen LogP contribution in [0.1, 0.15) is 45.4 Å². The summed E-state index contributed by atoms with van der Waals surface area (Å²) in [4.78, 5) is 2.64. The highest BCUT2D eigenvalue weighted by atomic mass is 15.2. The zero-order valence-corrected chi connectivity index (χ0v) is 10.6. The Bertz CT molecular complexity index is 235. The van der Waals surface area contributed by atoms with Gasteiger partial charge in [-0.05, 0) is 57.5 Å². The summed E-state index contributed by atoms with van der Waals surface area (Å²) < 4.78 is 0. The number of fused-ring (bicyclic) bond motifs is 2. The van der Waals surface area contributed by atoms with Gasteiger partial charge in [0.1, 0.15) is 0 Å². The Morgan fingerprint density at radius 1 is 1.06 bits per heavy atom. The van der Waals surface area contributed by atoms with Crippen molar-refractivity contribution in [2.75, 3.05) is 19.6 Å². The van der Waals surface area contributed by atoms with Crippen LogP contribution in [0.25, 0.3) is 0 Å². The fraction of sp³-hybridized carbons (Fsp3) is 1.00. The molecule has 92 valence electrons. The smallest absolute Gasteiger partial charge is 0.0123 e. The van der Waals surface area contributed by atoms with E-state index in [-0.39, 0.29) is 0 Å². The third-order valence-electron chi connectivity index (χ3n) is 5.22. The Morgan fingerprint density at radius 3 is 2.62 bits per heavy atom. The van der Waals surface area contributed by atoms with Crippen LogP contribution < -0.4 is 5.32 Å². The molecule has 3 unspecified atom stereocenters. The first-order valence-electron chi connectivity index (χ1n) is 7.31. The molecule has 2 bridgehead atoms. The lowest BCUT2D eigenvalue weighted by Crippen LogP contribution is -2.48. The van der Waals surface area contributed by atoms with Crippen molar-refractivity contribution in [3.05, 3.63) is 0 Å². The van der Waals surface area contributed by atoms with E-state index in [1.807, 2.05) is 0 Å². The van der Waals surface area contributed by atoms with E-state index in [0.717, 1.165) is 23.9 Å². The zero-order chi connectivity index (χ0) is 11.0. The molecule has 2 nitrogen and oxygen atoms in total. The van der Waals surface area contributed by atoms with E-state index in [4.69, 9.17) is 0 Å². The Balaban J connectivity index is 1.53. The maximum absolute atomic E-state index is 3.96. The van der Waals surface area contributed by atoms with Crippen LogP contribution in [-0.2, 0) is 0 Å². The summed E-state index contributed by atoms with van der Waals surface area (Å²) in [6.45, 7) is 6.50. The maximum Gasteiger partial charge on any atom is 0.0123 e. The van der Waals surface area contributed by atoms with Crippen molar-refractivity contribution in [1.82, 2.24) is 10.2 Å². The number of nitrogens with one attached hydrogen (secondary N) is 1. The fourth-order valence-corrected chi connectivity index (χ4v) is 4.10. The lowest BCUT2D eigenvalue weighted by molar-refractivity contribution is 0.198. The van der Waals surface area contributed by atoms with Gasteiger partial charge in [0.2, 0.25) is 0 Å². The molecule has 16 heavy (non-hydrogen) atoms. The lowest BCUT2D eigenvalue weighted by Gasteiger charge is -2.34. The number of rotatable bonds is 3. The van der Waals surface area contributed by atoms with Gasteiger partial charge in [-0.15, -0.1) is 0 Å². The molecule has 1 saturated carbocycles. The molecule has 0 spiro atoms. The minimum atomic E-state index is 0.764. The van der Waals surface area contributed by atoms with Gasteiger partial charge in [0.15, 0.2) is 0 Å². The summed E-state index contributed by atoms with van der Waals surface area (Å²) in [5.41, 5.74) is 0. The minimum absolute atomic E-state index is 0.764. The first-order valence-corrected chi connectivity index (χ1v) is 7.31. The molecule has 0 radical (unpaired) electrons. The monoisotopic (exact) mass is 222 g/mol. The molecule has 2 heterocycles. The number of hydrogen-bond acceptors (Lipinski definition) is 2. The first-order chi connectivity index (χ1) is 7.83. The van der Waals surface area contributed by atoms with Crippen LogP contribution in [0.15, 0.2) is 0 Å². The van der Waals surface area contributed by atoms with E-state index in [1.54, 1.807) is 0 Å². The van der Waals surface area contributed by atoms with Crippen LogP contribution in [0.3, 0.4) is 0 Å². The van der Waals surface area contributed by atoms with Crippen LogP contribution in [-0.4, -0.2) is 36.6 Å². The Hall–Kier alpha value is -0.0800. The third-order valence-corrected chi connectivity index (χ3v) is 5.22. The van der Waals surface area contributed by atoms with Gasteiger partial charge in [-0.25, -0.2) is 0 Å². The van der Waals surface area contributed by atoms with Crippen molar-refractivity contribution in [2.24, 2.45) is 11.8 Å². The molecule has 0 aromatic rings. The molecule has 3 aliphatic rings. The van der Waals surface area contributed by atoms with Crippen LogP contribution in [0, 0.1) is 11.8 Å². The highest BCUT2D eigenvalue weighted by molar-refractivity contribution is 4.92. The molecule has 4 atom stereocenters. The van der Waals surface area contributed by atoms with Crippen LogP contribution in [0.2, 0.25) is 0 Å². The van der Waals surface area contributed by atoms with E-state index < -0.39 is 0 Å². The van der Waals surface area contributed by atoms with Gasteiger partial charge in [0, 0.05) is 18.6 Å². The van der Waals surface area contributed by atoms with E-state index in [0.29, 0.717) is 0 Å². The first kappa shape index (κ1) is 11.0. The van der Waals surface area contributed by atoms with Crippen molar-refractivity contribution in [1.29, 1.82) is 0 Å². The predicted molar refractivity (Wildman–Crippen MR) is 67.5 cm³/mol. The molecule has 1 aliphatic carbocycles. The van der Waals surface area contributed by atoms with E-state index >= 15 is 0 Å². The summed E-state index contributed by atoms with van der Waals surface area (Å²) in [6, 6.07) is 1.59. The number of hydrogen-bond donors (Lipinski definition) is 1. The average molecular weight is 222 g/mol. The maximum atomic E-state index is 3.96. The second kappa shape index (κ2) is 4.66. The third kappa shape index (κ3) is 2.14. The fourth-order valence-electron chi connectivity index (χ4n) is 4.10. The summed E-state index contributed by atoms with van der Waals surface area (Å²) in [5, 5.41) is 3.96. The molecule has 1 N–H and O–H groups in total. The normalized spacial score (nSPS) is 41.4. The molecule has 0 amide bonds. The van der Waals surface area contributed by atoms with Gasteiger partial charge in [-0.2, -0.15) is 0 Å². The molecule has 0 aromatic heterocycles. The van der Waals surface area contributed by atoms with Crippen LogP contribution in [0.4, 0.5) is 0 Å². The number of piperidine rings is 1. The van der Waals surface area contributed by atoms with Crippen molar-refractivity contribution in [3.8, 4) is 0 Å². The SMILES string of the molecule is C[C@H](NC1CCN2CCC1C2)C1CCCC1. The second-order valence-electron chi connectivity index (χ2n) is 6.24. The van der Waals surface area contributed by atoms with Gasteiger partial charge in [0.05, 0.1) is 0 Å². The standard InChI is InChI=1S/C14H26N2/c1-11(12-4-2-3-5-12)15-14-7-9-16-8-6-13(14)10-16/h11-15H,2-10H2,1H3/t11-,13?,14?/m0/s1. The average Bonchev–Trinajstić information content (AvgIpc) is 2.93. The van der Waals surface area contributed by atoms with Crippen molar-refractivity contribution < 1.29 is 0 Å². The van der Waals surface area contributed by atoms with Crippen molar-refractivity contribution in [3.63, 3.8) is 0 Å². The molecule has 0 aromatic carbocycles. The predicted octanol–water partition coefficient (Wildman–Crippen LogP) is 2.25. The van der Waals surface area contributed by atoms with Gasteiger partial charge in [-0.1, -0.05) is 12.8 Å². The zero-order valence-electron chi connectivity index (χ0n) is 10.6. The Kier molecular flexibility index (Phi) is 3.21. The van der Waals surface area contributed by atoms with Gasteiger partial charge in [0.25, 0.3) is 0 Å². The summed E-state index contributed by atoms with van der Waals surface area (Å²) in [7, 11) is 0. The molecule has 3 rings (SSSR count). The Labute approximate surface area is 99.8 Å². The molecule has 2 saturated heterocycles. The quantitative estimate of drug-likeness (QED) is 0.788. The highest BCUT2D eigenvalue weighted by Gasteiger charge is 2.35. The molecular formula is C14H26N2. The molecule has 2 heteroatoms. The highest BCUT2D eigenvalue weighted by Crippen LogP contribution is 2.31. The summed E-state index contributed by atoms with van der Waals surface area (Å²) in [6.07, 6.45) is 8.71. The molecule has 2 aliphatic heterocycles.